The van der Waals surface area contributed by atoms with Crippen molar-refractivity contribution < 1.29 is 27.5 Å². The van der Waals surface area contributed by atoms with Gasteiger partial charge in [0.2, 0.25) is 15.9 Å². The highest BCUT2D eigenvalue weighted by atomic mass is 32.2. The van der Waals surface area contributed by atoms with E-state index in [9.17, 15) is 18.0 Å². The summed E-state index contributed by atoms with van der Waals surface area (Å²) in [5.41, 5.74) is 0.760. The number of hydrogen-bond donors (Lipinski definition) is 1. The highest BCUT2D eigenvalue weighted by Crippen LogP contribution is 2.22. The van der Waals surface area contributed by atoms with Gasteiger partial charge in [-0.05, 0) is 50.2 Å². The van der Waals surface area contributed by atoms with Gasteiger partial charge in [-0.1, -0.05) is 12.1 Å². The van der Waals surface area contributed by atoms with E-state index in [0.29, 0.717) is 18.0 Å². The van der Waals surface area contributed by atoms with Crippen LogP contribution in [0.2, 0.25) is 0 Å². The third-order valence-corrected chi connectivity index (χ3v) is 4.96. The normalized spacial score (nSPS) is 10.9. The van der Waals surface area contributed by atoms with E-state index in [-0.39, 0.29) is 17.9 Å². The van der Waals surface area contributed by atoms with Crippen LogP contribution in [-0.2, 0) is 19.6 Å². The molecule has 2 aromatic rings. The maximum absolute atomic E-state index is 12.6. The van der Waals surface area contributed by atoms with Crippen LogP contribution in [0.4, 0.5) is 11.4 Å². The van der Waals surface area contributed by atoms with Gasteiger partial charge in [-0.25, -0.2) is 13.2 Å². The molecule has 0 aliphatic heterocycles. The fourth-order valence-corrected chi connectivity index (χ4v) is 3.43. The predicted molar refractivity (Wildman–Crippen MR) is 111 cm³/mol. The van der Waals surface area contributed by atoms with E-state index in [1.807, 2.05) is 6.92 Å². The molecule has 0 unspecified atom stereocenters. The van der Waals surface area contributed by atoms with Crippen LogP contribution in [0.3, 0.4) is 0 Å². The largest absolute Gasteiger partial charge is 0.494 e. The zero-order valence-corrected chi connectivity index (χ0v) is 17.4. The first-order valence-corrected chi connectivity index (χ1v) is 10.9. The molecule has 2 rings (SSSR count). The van der Waals surface area contributed by atoms with Gasteiger partial charge in [-0.15, -0.1) is 0 Å². The minimum Gasteiger partial charge on any atom is -0.494 e. The third-order valence-electron chi connectivity index (χ3n) is 3.82. The molecule has 9 heteroatoms. The number of nitrogens with one attached hydrogen (secondary N) is 1. The minimum absolute atomic E-state index is 0.190. The first-order chi connectivity index (χ1) is 13.8. The number of ether oxygens (including phenoxy) is 2. The number of esters is 1. The highest BCUT2D eigenvalue weighted by molar-refractivity contribution is 7.92. The van der Waals surface area contributed by atoms with E-state index in [2.05, 4.69) is 5.32 Å². The minimum atomic E-state index is -3.73. The smallest absolute Gasteiger partial charge is 0.340 e. The van der Waals surface area contributed by atoms with E-state index in [0.717, 1.165) is 10.6 Å². The SMILES string of the molecule is CCOC(=O)c1ccccc1NC(=O)CN(c1ccc(OCC)cc1)S(C)(=O)=O. The number of nitrogens with zero attached hydrogens (tertiary/aromatic N) is 1. The van der Waals surface area contributed by atoms with Gasteiger partial charge < -0.3 is 14.8 Å². The molecule has 1 N–H and O–H groups in total. The fraction of sp³-hybridized carbons (Fsp3) is 0.300. The highest BCUT2D eigenvalue weighted by Gasteiger charge is 2.22. The molecule has 8 nitrogen and oxygen atoms in total. The Labute approximate surface area is 170 Å². The Balaban J connectivity index is 2.21. The van der Waals surface area contributed by atoms with Gasteiger partial charge in [0, 0.05) is 0 Å². The summed E-state index contributed by atoms with van der Waals surface area (Å²) >= 11 is 0. The van der Waals surface area contributed by atoms with Crippen LogP contribution in [0.5, 0.6) is 5.75 Å². The lowest BCUT2D eigenvalue weighted by atomic mass is 10.2. The Morgan fingerprint density at radius 1 is 1.00 bits per heavy atom. The van der Waals surface area contributed by atoms with Crippen LogP contribution < -0.4 is 14.4 Å². The maximum Gasteiger partial charge on any atom is 0.340 e. The van der Waals surface area contributed by atoms with E-state index in [4.69, 9.17) is 9.47 Å². The number of carbonyl (C=O) groups excluding carboxylic acids is 2. The standard InChI is InChI=1S/C20H24N2O6S/c1-4-27-16-12-10-15(11-13-16)22(29(3,25)26)14-19(23)21-18-9-7-6-8-17(18)20(24)28-5-2/h6-13H,4-5,14H2,1-3H3,(H,21,23). The van der Waals surface area contributed by atoms with Crippen LogP contribution in [0.1, 0.15) is 24.2 Å². The molecule has 0 heterocycles. The van der Waals surface area contributed by atoms with Crippen LogP contribution >= 0.6 is 0 Å². The van der Waals surface area contributed by atoms with Gasteiger partial charge in [-0.3, -0.25) is 9.10 Å². The molecule has 0 saturated carbocycles. The molecule has 0 spiro atoms. The van der Waals surface area contributed by atoms with E-state index < -0.39 is 28.4 Å². The predicted octanol–water partition coefficient (Wildman–Crippen LogP) is 2.67. The molecular weight excluding hydrogens is 396 g/mol. The molecule has 0 saturated heterocycles. The number of amides is 1. The summed E-state index contributed by atoms with van der Waals surface area (Å²) in [6.45, 7) is 3.75. The van der Waals surface area contributed by atoms with Crippen molar-refractivity contribution in [2.45, 2.75) is 13.8 Å². The number of rotatable bonds is 9. The number of hydrogen-bond acceptors (Lipinski definition) is 6. The molecule has 0 aromatic heterocycles. The van der Waals surface area contributed by atoms with E-state index in [1.165, 1.54) is 6.07 Å². The van der Waals surface area contributed by atoms with Crippen molar-refractivity contribution >= 4 is 33.3 Å². The monoisotopic (exact) mass is 420 g/mol. The number of carbonyl (C=O) groups is 2. The zero-order valence-electron chi connectivity index (χ0n) is 16.5. The van der Waals surface area contributed by atoms with Gasteiger partial charge in [0.1, 0.15) is 12.3 Å². The third kappa shape index (κ3) is 6.21. The lowest BCUT2D eigenvalue weighted by Crippen LogP contribution is -2.37. The molecule has 0 aliphatic carbocycles. The second-order valence-electron chi connectivity index (χ2n) is 6.01. The maximum atomic E-state index is 12.6. The molecule has 0 fully saturated rings. The number of benzene rings is 2. The van der Waals surface area contributed by atoms with Crippen molar-refractivity contribution in [3.05, 3.63) is 54.1 Å². The molecule has 0 atom stereocenters. The topological polar surface area (TPSA) is 102 Å². The summed E-state index contributed by atoms with van der Waals surface area (Å²) in [4.78, 5) is 24.6. The molecule has 2 aromatic carbocycles. The van der Waals surface area contributed by atoms with Gasteiger partial charge in [0.25, 0.3) is 0 Å². The Morgan fingerprint density at radius 3 is 2.24 bits per heavy atom. The van der Waals surface area contributed by atoms with Crippen LogP contribution in [-0.4, -0.2) is 46.3 Å². The van der Waals surface area contributed by atoms with Crippen LogP contribution in [0, 0.1) is 0 Å². The van der Waals surface area contributed by atoms with E-state index >= 15 is 0 Å². The molecule has 156 valence electrons. The lowest BCUT2D eigenvalue weighted by molar-refractivity contribution is -0.114. The molecule has 1 amide bonds. The fourth-order valence-electron chi connectivity index (χ4n) is 2.57. The molecule has 0 bridgehead atoms. The average Bonchev–Trinajstić information content (AvgIpc) is 2.67. The van der Waals surface area contributed by atoms with Crippen molar-refractivity contribution in [3.63, 3.8) is 0 Å². The van der Waals surface area contributed by atoms with Crippen LogP contribution in [0.15, 0.2) is 48.5 Å². The Bertz CT molecular complexity index is 957. The molecule has 0 aliphatic rings. The van der Waals surface area contributed by atoms with Crippen molar-refractivity contribution in [2.75, 3.05) is 35.6 Å². The van der Waals surface area contributed by atoms with Crippen molar-refractivity contribution in [2.24, 2.45) is 0 Å². The second kappa shape index (κ2) is 9.92. The number of para-hydroxylation sites is 1. The summed E-state index contributed by atoms with van der Waals surface area (Å²) in [6.07, 6.45) is 1.02. The van der Waals surface area contributed by atoms with Crippen molar-refractivity contribution in [1.82, 2.24) is 0 Å². The van der Waals surface area contributed by atoms with Crippen molar-refractivity contribution in [3.8, 4) is 5.75 Å². The summed E-state index contributed by atoms with van der Waals surface area (Å²) in [5.74, 6) is -0.576. The second-order valence-corrected chi connectivity index (χ2v) is 7.92. The summed E-state index contributed by atoms with van der Waals surface area (Å²) in [6, 6.07) is 12.7. The number of anilines is 2. The Hall–Kier alpha value is -3.07. The average molecular weight is 420 g/mol. The molecule has 29 heavy (non-hydrogen) atoms. The van der Waals surface area contributed by atoms with Gasteiger partial charge in [-0.2, -0.15) is 0 Å². The summed E-state index contributed by atoms with van der Waals surface area (Å²) in [7, 11) is -3.73. The molecular formula is C20H24N2O6S. The summed E-state index contributed by atoms with van der Waals surface area (Å²) in [5, 5.41) is 2.58. The van der Waals surface area contributed by atoms with Gasteiger partial charge in [0.05, 0.1) is 36.4 Å². The number of sulfonamides is 1. The Kier molecular flexibility index (Phi) is 7.60. The first kappa shape index (κ1) is 22.2. The van der Waals surface area contributed by atoms with Crippen molar-refractivity contribution in [1.29, 1.82) is 0 Å². The molecule has 0 radical (unpaired) electrons. The van der Waals surface area contributed by atoms with E-state index in [1.54, 1.807) is 49.4 Å². The lowest BCUT2D eigenvalue weighted by Gasteiger charge is -2.22. The Morgan fingerprint density at radius 2 is 1.66 bits per heavy atom. The quantitative estimate of drug-likeness (QED) is 0.626. The van der Waals surface area contributed by atoms with Crippen LogP contribution in [0.25, 0.3) is 0 Å². The summed E-state index contributed by atoms with van der Waals surface area (Å²) < 4.78 is 35.8. The van der Waals surface area contributed by atoms with Gasteiger partial charge >= 0.3 is 5.97 Å². The zero-order chi connectivity index (χ0) is 21.4. The first-order valence-electron chi connectivity index (χ1n) is 9.02. The van der Waals surface area contributed by atoms with Gasteiger partial charge in [0.15, 0.2) is 0 Å².